The van der Waals surface area contributed by atoms with Gasteiger partial charge < -0.3 is 10.1 Å². The molecule has 126 valence electrons. The Morgan fingerprint density at radius 3 is 2.79 bits per heavy atom. The summed E-state index contributed by atoms with van der Waals surface area (Å²) in [5, 5.41) is 2.22. The van der Waals surface area contributed by atoms with Crippen LogP contribution in [0.1, 0.15) is 33.5 Å². The van der Waals surface area contributed by atoms with Gasteiger partial charge in [0.1, 0.15) is 16.5 Å². The Morgan fingerprint density at radius 1 is 1.25 bits per heavy atom. The molecule has 0 unspecified atom stereocenters. The number of thiophene rings is 1. The van der Waals surface area contributed by atoms with E-state index in [2.05, 4.69) is 5.32 Å². The zero-order chi connectivity index (χ0) is 17.3. The van der Waals surface area contributed by atoms with Crippen molar-refractivity contribution in [2.45, 2.75) is 32.3 Å². The zero-order valence-corrected chi connectivity index (χ0v) is 13.7. The van der Waals surface area contributed by atoms with E-state index in [4.69, 9.17) is 4.74 Å². The van der Waals surface area contributed by atoms with Crippen molar-refractivity contribution in [2.75, 3.05) is 5.32 Å². The molecule has 2 aromatic rings. The molecule has 3 rings (SSSR count). The van der Waals surface area contributed by atoms with Crippen LogP contribution in [0.3, 0.4) is 0 Å². The Labute approximate surface area is 141 Å². The van der Waals surface area contributed by atoms with E-state index >= 15 is 0 Å². The van der Waals surface area contributed by atoms with E-state index in [0.717, 1.165) is 43.0 Å². The number of anilines is 1. The Hall–Kier alpha value is -2.28. The van der Waals surface area contributed by atoms with Crippen LogP contribution in [0, 0.1) is 11.6 Å². The van der Waals surface area contributed by atoms with E-state index in [-0.39, 0.29) is 5.69 Å². The van der Waals surface area contributed by atoms with Gasteiger partial charge in [0.25, 0.3) is 5.91 Å². The quantitative estimate of drug-likeness (QED) is 0.855. The lowest BCUT2D eigenvalue weighted by molar-refractivity contribution is -0.123. The second kappa shape index (κ2) is 6.68. The number of hydrogen-bond donors (Lipinski definition) is 1. The summed E-state index contributed by atoms with van der Waals surface area (Å²) in [4.78, 5) is 25.8. The highest BCUT2D eigenvalue weighted by Gasteiger charge is 2.23. The Morgan fingerprint density at radius 2 is 2.04 bits per heavy atom. The van der Waals surface area contributed by atoms with Gasteiger partial charge in [0.15, 0.2) is 6.10 Å². The van der Waals surface area contributed by atoms with Crippen LogP contribution in [-0.2, 0) is 22.4 Å². The third-order valence-corrected chi connectivity index (χ3v) is 5.00. The normalized spacial score (nSPS) is 14.1. The van der Waals surface area contributed by atoms with Gasteiger partial charge in [-0.1, -0.05) is 0 Å². The molecular formula is C17H15F2NO3S. The third kappa shape index (κ3) is 3.46. The Kier molecular flexibility index (Phi) is 4.62. The summed E-state index contributed by atoms with van der Waals surface area (Å²) >= 11 is 1.38. The number of hydrogen-bond acceptors (Lipinski definition) is 4. The molecule has 0 spiro atoms. The molecule has 0 radical (unpaired) electrons. The summed E-state index contributed by atoms with van der Waals surface area (Å²) in [5.74, 6) is -2.75. The largest absolute Gasteiger partial charge is 0.448 e. The SMILES string of the molecule is C[C@@H](OC(=O)c1cc2c(s1)CCC2)C(=O)Nc1cc(F)ccc1F. The first kappa shape index (κ1) is 16.6. The van der Waals surface area contributed by atoms with Crippen molar-refractivity contribution in [2.24, 2.45) is 0 Å². The monoisotopic (exact) mass is 351 g/mol. The maximum Gasteiger partial charge on any atom is 0.349 e. The summed E-state index contributed by atoms with van der Waals surface area (Å²) in [6, 6.07) is 4.52. The molecule has 0 aliphatic heterocycles. The maximum absolute atomic E-state index is 13.5. The molecule has 0 bridgehead atoms. The number of aryl methyl sites for hydroxylation is 2. The molecule has 1 heterocycles. The number of halogens is 2. The molecule has 0 saturated carbocycles. The van der Waals surface area contributed by atoms with Gasteiger partial charge in [-0.25, -0.2) is 13.6 Å². The van der Waals surface area contributed by atoms with Crippen LogP contribution in [0.15, 0.2) is 24.3 Å². The first-order valence-electron chi connectivity index (χ1n) is 7.52. The van der Waals surface area contributed by atoms with E-state index in [1.165, 1.54) is 23.1 Å². The molecule has 1 atom stereocenters. The minimum Gasteiger partial charge on any atom is -0.448 e. The average Bonchev–Trinajstić information content (AvgIpc) is 3.12. The van der Waals surface area contributed by atoms with Crippen molar-refractivity contribution in [1.29, 1.82) is 0 Å². The Balaban J connectivity index is 1.63. The summed E-state index contributed by atoms with van der Waals surface area (Å²) < 4.78 is 31.8. The molecule has 1 aromatic heterocycles. The predicted octanol–water partition coefficient (Wildman–Crippen LogP) is 3.70. The van der Waals surface area contributed by atoms with Gasteiger partial charge in [-0.3, -0.25) is 4.79 Å². The van der Waals surface area contributed by atoms with E-state index in [1.807, 2.05) is 0 Å². The summed E-state index contributed by atoms with van der Waals surface area (Å²) in [5.41, 5.74) is 0.865. The zero-order valence-electron chi connectivity index (χ0n) is 12.9. The minimum absolute atomic E-state index is 0.294. The van der Waals surface area contributed by atoms with Crippen LogP contribution in [-0.4, -0.2) is 18.0 Å². The topological polar surface area (TPSA) is 55.4 Å². The first-order chi connectivity index (χ1) is 11.4. The number of carbonyl (C=O) groups excluding carboxylic acids is 2. The molecular weight excluding hydrogens is 336 g/mol. The van der Waals surface area contributed by atoms with Gasteiger partial charge in [-0.15, -0.1) is 11.3 Å². The fourth-order valence-electron chi connectivity index (χ4n) is 2.53. The van der Waals surface area contributed by atoms with Crippen molar-refractivity contribution in [3.05, 3.63) is 51.2 Å². The molecule has 1 N–H and O–H groups in total. The molecule has 7 heteroatoms. The van der Waals surface area contributed by atoms with Crippen molar-refractivity contribution >= 4 is 28.9 Å². The van der Waals surface area contributed by atoms with Crippen LogP contribution in [0.25, 0.3) is 0 Å². The number of nitrogens with one attached hydrogen (secondary N) is 1. The lowest BCUT2D eigenvalue weighted by Crippen LogP contribution is -2.30. The smallest absolute Gasteiger partial charge is 0.349 e. The van der Waals surface area contributed by atoms with Crippen molar-refractivity contribution in [1.82, 2.24) is 0 Å². The van der Waals surface area contributed by atoms with E-state index in [0.29, 0.717) is 4.88 Å². The molecule has 1 amide bonds. The fourth-order valence-corrected chi connectivity index (χ4v) is 3.67. The number of esters is 1. The van der Waals surface area contributed by atoms with Crippen molar-refractivity contribution in [3.8, 4) is 0 Å². The van der Waals surface area contributed by atoms with E-state index in [1.54, 1.807) is 6.07 Å². The number of amides is 1. The van der Waals surface area contributed by atoms with Crippen molar-refractivity contribution < 1.29 is 23.1 Å². The first-order valence-corrected chi connectivity index (χ1v) is 8.34. The summed E-state index contributed by atoms with van der Waals surface area (Å²) in [7, 11) is 0. The predicted molar refractivity (Wildman–Crippen MR) is 86.2 cm³/mol. The molecule has 1 aliphatic rings. The summed E-state index contributed by atoms with van der Waals surface area (Å²) in [6.07, 6.45) is 1.88. The third-order valence-electron chi connectivity index (χ3n) is 3.79. The maximum atomic E-state index is 13.5. The van der Waals surface area contributed by atoms with Gasteiger partial charge in [-0.05, 0) is 49.9 Å². The van der Waals surface area contributed by atoms with E-state index < -0.39 is 29.6 Å². The highest BCUT2D eigenvalue weighted by molar-refractivity contribution is 7.14. The van der Waals surface area contributed by atoms with Gasteiger partial charge >= 0.3 is 5.97 Å². The number of ether oxygens (including phenoxy) is 1. The summed E-state index contributed by atoms with van der Waals surface area (Å²) in [6.45, 7) is 1.38. The Bertz CT molecular complexity index is 782. The van der Waals surface area contributed by atoms with Gasteiger partial charge in [0.05, 0.1) is 5.69 Å². The molecule has 4 nitrogen and oxygen atoms in total. The lowest BCUT2D eigenvalue weighted by atomic mass is 10.2. The molecule has 0 saturated heterocycles. The van der Waals surface area contributed by atoms with Crippen LogP contribution in [0.2, 0.25) is 0 Å². The fraction of sp³-hybridized carbons (Fsp3) is 0.294. The number of benzene rings is 1. The lowest BCUT2D eigenvalue weighted by Gasteiger charge is -2.13. The van der Waals surface area contributed by atoms with Gasteiger partial charge in [0, 0.05) is 10.9 Å². The standard InChI is InChI=1S/C17H15F2NO3S/c1-9(16(21)20-13-8-11(18)5-6-12(13)19)23-17(22)15-7-10-3-2-4-14(10)24-15/h5-9H,2-4H2,1H3,(H,20,21)/t9-/m1/s1. The van der Waals surface area contributed by atoms with Crippen LogP contribution >= 0.6 is 11.3 Å². The minimum atomic E-state index is -1.13. The highest BCUT2D eigenvalue weighted by Crippen LogP contribution is 2.31. The number of fused-ring (bicyclic) bond motifs is 1. The van der Waals surface area contributed by atoms with Gasteiger partial charge in [-0.2, -0.15) is 0 Å². The number of carbonyl (C=O) groups is 2. The van der Waals surface area contributed by atoms with Crippen LogP contribution in [0.4, 0.5) is 14.5 Å². The average molecular weight is 351 g/mol. The second-order valence-electron chi connectivity index (χ2n) is 5.57. The van der Waals surface area contributed by atoms with Crippen LogP contribution in [0.5, 0.6) is 0 Å². The molecule has 24 heavy (non-hydrogen) atoms. The molecule has 1 aliphatic carbocycles. The van der Waals surface area contributed by atoms with E-state index in [9.17, 15) is 18.4 Å². The van der Waals surface area contributed by atoms with Gasteiger partial charge in [0.2, 0.25) is 0 Å². The highest BCUT2D eigenvalue weighted by atomic mass is 32.1. The molecule has 0 fully saturated rings. The van der Waals surface area contributed by atoms with Crippen molar-refractivity contribution in [3.63, 3.8) is 0 Å². The second-order valence-corrected chi connectivity index (χ2v) is 6.71. The molecule has 1 aromatic carbocycles. The van der Waals surface area contributed by atoms with Crippen LogP contribution < -0.4 is 5.32 Å². The number of rotatable bonds is 4.